The van der Waals surface area contributed by atoms with E-state index in [-0.39, 0.29) is 11.3 Å². The van der Waals surface area contributed by atoms with Gasteiger partial charge in [-0.05, 0) is 26.0 Å². The molecular weight excluding hydrogens is 332 g/mol. The van der Waals surface area contributed by atoms with Gasteiger partial charge in [0.05, 0.1) is 10.8 Å². The molecule has 1 aromatic rings. The Morgan fingerprint density at radius 1 is 1.40 bits per heavy atom. The van der Waals surface area contributed by atoms with Crippen LogP contribution in [0.1, 0.15) is 24.2 Å². The number of rotatable bonds is 5. The molecule has 8 heteroatoms. The Labute approximate surface area is 123 Å². The highest BCUT2D eigenvalue weighted by Crippen LogP contribution is 2.23. The number of nitro groups is 1. The Morgan fingerprint density at radius 3 is 2.50 bits per heavy atom. The lowest BCUT2D eigenvalue weighted by Gasteiger charge is -2.17. The molecule has 0 spiro atoms. The van der Waals surface area contributed by atoms with E-state index in [1.807, 2.05) is 0 Å². The summed E-state index contributed by atoms with van der Waals surface area (Å²) >= 11 is 3.09. The first-order valence-electron chi connectivity index (χ1n) is 5.71. The van der Waals surface area contributed by atoms with E-state index in [2.05, 4.69) is 21.2 Å². The second-order valence-electron chi connectivity index (χ2n) is 4.31. The van der Waals surface area contributed by atoms with Gasteiger partial charge in [0.1, 0.15) is 5.56 Å². The van der Waals surface area contributed by atoms with E-state index in [0.29, 0.717) is 4.47 Å². The van der Waals surface area contributed by atoms with E-state index in [9.17, 15) is 19.7 Å². The largest absolute Gasteiger partial charge is 0.481 e. The van der Waals surface area contributed by atoms with E-state index in [4.69, 9.17) is 5.11 Å². The SMILES string of the molecule is CC(NC(=O)c1ccc(Br)cc1[N+](=O)[O-])C(C)C(=O)O. The highest BCUT2D eigenvalue weighted by Gasteiger charge is 2.25. The zero-order valence-corrected chi connectivity index (χ0v) is 12.4. The number of halogens is 1. The van der Waals surface area contributed by atoms with Crippen LogP contribution in [0.5, 0.6) is 0 Å². The zero-order chi connectivity index (χ0) is 15.4. The Morgan fingerprint density at radius 2 is 2.00 bits per heavy atom. The van der Waals surface area contributed by atoms with Crippen LogP contribution < -0.4 is 5.32 Å². The van der Waals surface area contributed by atoms with E-state index in [0.717, 1.165) is 0 Å². The number of carbonyl (C=O) groups excluding carboxylic acids is 1. The molecule has 0 aliphatic rings. The number of amides is 1. The van der Waals surface area contributed by atoms with Crippen molar-refractivity contribution in [2.75, 3.05) is 0 Å². The Balaban J connectivity index is 2.99. The molecule has 0 bridgehead atoms. The summed E-state index contributed by atoms with van der Waals surface area (Å²) in [5.74, 6) is -2.53. The average Bonchev–Trinajstić information content (AvgIpc) is 2.37. The smallest absolute Gasteiger partial charge is 0.308 e. The van der Waals surface area contributed by atoms with Gasteiger partial charge in [0.15, 0.2) is 0 Å². The van der Waals surface area contributed by atoms with Crippen LogP contribution in [0.3, 0.4) is 0 Å². The van der Waals surface area contributed by atoms with Crippen molar-refractivity contribution in [3.05, 3.63) is 38.3 Å². The minimum Gasteiger partial charge on any atom is -0.481 e. The van der Waals surface area contributed by atoms with Crippen LogP contribution >= 0.6 is 15.9 Å². The van der Waals surface area contributed by atoms with Gasteiger partial charge in [-0.2, -0.15) is 0 Å². The molecule has 0 saturated carbocycles. The molecule has 0 radical (unpaired) electrons. The monoisotopic (exact) mass is 344 g/mol. The number of carboxylic acids is 1. The number of nitrogens with zero attached hydrogens (tertiary/aromatic N) is 1. The number of nitro benzene ring substituents is 1. The third kappa shape index (κ3) is 3.77. The van der Waals surface area contributed by atoms with Gasteiger partial charge in [-0.1, -0.05) is 15.9 Å². The van der Waals surface area contributed by atoms with E-state index < -0.39 is 28.8 Å². The predicted molar refractivity (Wildman–Crippen MR) is 74.5 cm³/mol. The van der Waals surface area contributed by atoms with Crippen molar-refractivity contribution < 1.29 is 19.6 Å². The number of hydrogen-bond donors (Lipinski definition) is 2. The first-order valence-corrected chi connectivity index (χ1v) is 6.51. The fourth-order valence-corrected chi connectivity index (χ4v) is 1.82. The van der Waals surface area contributed by atoms with Crippen molar-refractivity contribution >= 4 is 33.5 Å². The molecule has 1 amide bonds. The number of hydrogen-bond acceptors (Lipinski definition) is 4. The van der Waals surface area contributed by atoms with E-state index in [1.54, 1.807) is 0 Å². The van der Waals surface area contributed by atoms with Crippen LogP contribution in [0.25, 0.3) is 0 Å². The standard InChI is InChI=1S/C12H13BrN2O5/c1-6(12(17)18)7(2)14-11(16)9-4-3-8(13)5-10(9)15(19)20/h3-7H,1-2H3,(H,14,16)(H,17,18). The van der Waals surface area contributed by atoms with Crippen LogP contribution in [0.2, 0.25) is 0 Å². The number of benzene rings is 1. The number of nitrogens with one attached hydrogen (secondary N) is 1. The molecule has 7 nitrogen and oxygen atoms in total. The molecule has 1 rings (SSSR count). The van der Waals surface area contributed by atoms with Crippen LogP contribution in [0.4, 0.5) is 5.69 Å². The van der Waals surface area contributed by atoms with Gasteiger partial charge in [-0.25, -0.2) is 0 Å². The van der Waals surface area contributed by atoms with Crippen LogP contribution in [0, 0.1) is 16.0 Å². The lowest BCUT2D eigenvalue weighted by atomic mass is 10.0. The topological polar surface area (TPSA) is 110 Å². The van der Waals surface area contributed by atoms with Crippen molar-refractivity contribution in [3.8, 4) is 0 Å². The summed E-state index contributed by atoms with van der Waals surface area (Å²) < 4.78 is 0.479. The second kappa shape index (κ2) is 6.47. The average molecular weight is 345 g/mol. The third-order valence-electron chi connectivity index (χ3n) is 2.90. The van der Waals surface area contributed by atoms with Crippen molar-refractivity contribution in [1.82, 2.24) is 5.32 Å². The van der Waals surface area contributed by atoms with Gasteiger partial charge in [0.2, 0.25) is 0 Å². The minimum atomic E-state index is -1.05. The molecule has 0 aromatic heterocycles. The predicted octanol–water partition coefficient (Wildman–Crippen LogP) is 2.20. The molecule has 2 unspecified atom stereocenters. The molecule has 0 saturated heterocycles. The zero-order valence-electron chi connectivity index (χ0n) is 10.8. The van der Waals surface area contributed by atoms with Crippen LogP contribution in [0.15, 0.2) is 22.7 Å². The fourth-order valence-electron chi connectivity index (χ4n) is 1.47. The minimum absolute atomic E-state index is 0.109. The Bertz CT molecular complexity index is 561. The van der Waals surface area contributed by atoms with E-state index in [1.165, 1.54) is 32.0 Å². The van der Waals surface area contributed by atoms with Crippen molar-refractivity contribution in [2.45, 2.75) is 19.9 Å². The van der Waals surface area contributed by atoms with E-state index >= 15 is 0 Å². The summed E-state index contributed by atoms with van der Waals surface area (Å²) in [6.07, 6.45) is 0. The Hall–Kier alpha value is -1.96. The maximum Gasteiger partial charge on any atom is 0.308 e. The summed E-state index contributed by atoms with van der Waals surface area (Å²) in [5, 5.41) is 22.2. The summed E-state index contributed by atoms with van der Waals surface area (Å²) in [6, 6.07) is 3.39. The summed E-state index contributed by atoms with van der Waals surface area (Å²) in [6.45, 7) is 2.98. The second-order valence-corrected chi connectivity index (χ2v) is 5.22. The van der Waals surface area contributed by atoms with Gasteiger partial charge in [-0.15, -0.1) is 0 Å². The normalized spacial score (nSPS) is 13.3. The number of carboxylic acid groups (broad SMARTS) is 1. The molecule has 108 valence electrons. The summed E-state index contributed by atoms with van der Waals surface area (Å²) in [5.41, 5.74) is -0.449. The quantitative estimate of drug-likeness (QED) is 0.628. The molecular formula is C12H13BrN2O5. The number of carbonyl (C=O) groups is 2. The fraction of sp³-hybridized carbons (Fsp3) is 0.333. The van der Waals surface area contributed by atoms with Gasteiger partial charge in [-0.3, -0.25) is 19.7 Å². The first-order chi connectivity index (χ1) is 9.23. The molecule has 2 N–H and O–H groups in total. The molecule has 20 heavy (non-hydrogen) atoms. The lowest BCUT2D eigenvalue weighted by molar-refractivity contribution is -0.385. The van der Waals surface area contributed by atoms with Crippen molar-refractivity contribution in [3.63, 3.8) is 0 Å². The van der Waals surface area contributed by atoms with Gasteiger partial charge in [0, 0.05) is 16.6 Å². The molecule has 0 heterocycles. The first kappa shape index (κ1) is 16.1. The van der Waals surface area contributed by atoms with Crippen molar-refractivity contribution in [1.29, 1.82) is 0 Å². The van der Waals surface area contributed by atoms with Crippen LogP contribution in [-0.4, -0.2) is 27.9 Å². The van der Waals surface area contributed by atoms with Crippen molar-refractivity contribution in [2.24, 2.45) is 5.92 Å². The highest BCUT2D eigenvalue weighted by molar-refractivity contribution is 9.10. The number of aliphatic carboxylic acids is 1. The van der Waals surface area contributed by atoms with Gasteiger partial charge in [0.25, 0.3) is 11.6 Å². The molecule has 0 fully saturated rings. The van der Waals surface area contributed by atoms with Gasteiger partial charge < -0.3 is 10.4 Å². The Kier molecular flexibility index (Phi) is 5.20. The van der Waals surface area contributed by atoms with Crippen LogP contribution in [-0.2, 0) is 4.79 Å². The summed E-state index contributed by atoms with van der Waals surface area (Å²) in [4.78, 5) is 33.1. The highest BCUT2D eigenvalue weighted by atomic mass is 79.9. The molecule has 0 aliphatic carbocycles. The van der Waals surface area contributed by atoms with Gasteiger partial charge >= 0.3 is 5.97 Å². The molecule has 2 atom stereocenters. The lowest BCUT2D eigenvalue weighted by Crippen LogP contribution is -2.40. The molecule has 1 aromatic carbocycles. The maximum atomic E-state index is 12.0. The maximum absolute atomic E-state index is 12.0. The third-order valence-corrected chi connectivity index (χ3v) is 3.39. The molecule has 0 aliphatic heterocycles. The summed E-state index contributed by atoms with van der Waals surface area (Å²) in [7, 11) is 0.